The van der Waals surface area contributed by atoms with E-state index in [-0.39, 0.29) is 11.7 Å². The molecule has 4 fully saturated rings. The maximum absolute atomic E-state index is 11.2. The molecule has 2 aliphatic heterocycles. The molecule has 2 saturated carbocycles. The molecule has 20 heavy (non-hydrogen) atoms. The van der Waals surface area contributed by atoms with Crippen molar-refractivity contribution in [2.45, 2.75) is 51.3 Å². The minimum Gasteiger partial charge on any atom is -0.391 e. The highest BCUT2D eigenvalue weighted by Gasteiger charge is 2.73. The van der Waals surface area contributed by atoms with Crippen LogP contribution in [-0.2, 0) is 14.2 Å². The van der Waals surface area contributed by atoms with Gasteiger partial charge in [-0.2, -0.15) is 0 Å². The van der Waals surface area contributed by atoms with Crippen LogP contribution < -0.4 is 0 Å². The number of hydrogen-bond acceptors (Lipinski definition) is 4. The Kier molecular flexibility index (Phi) is 2.56. The summed E-state index contributed by atoms with van der Waals surface area (Å²) in [5.74, 6) is 0.818. The molecular formula is C16H24O4. The molecule has 4 heteroatoms. The Morgan fingerprint density at radius 3 is 2.90 bits per heavy atom. The van der Waals surface area contributed by atoms with Gasteiger partial charge < -0.3 is 19.3 Å². The molecule has 0 bridgehead atoms. The number of methoxy groups -OCH3 is 1. The number of hydrogen-bond donors (Lipinski definition) is 1. The van der Waals surface area contributed by atoms with E-state index in [1.54, 1.807) is 7.11 Å². The summed E-state index contributed by atoms with van der Waals surface area (Å²) in [7, 11) is 1.65. The number of aliphatic hydroxyl groups is 1. The van der Waals surface area contributed by atoms with Gasteiger partial charge in [-0.25, -0.2) is 0 Å². The smallest absolute Gasteiger partial charge is 0.169 e. The molecule has 2 aliphatic carbocycles. The molecule has 0 aromatic heterocycles. The average Bonchev–Trinajstić information content (AvgIpc) is 3.05. The van der Waals surface area contributed by atoms with Gasteiger partial charge in [0.05, 0.1) is 30.3 Å². The second-order valence-corrected chi connectivity index (χ2v) is 7.38. The second kappa shape index (κ2) is 3.86. The van der Waals surface area contributed by atoms with Gasteiger partial charge in [-0.1, -0.05) is 20.4 Å². The van der Waals surface area contributed by atoms with E-state index in [0.29, 0.717) is 30.7 Å². The van der Waals surface area contributed by atoms with Crippen molar-refractivity contribution in [1.29, 1.82) is 0 Å². The molecule has 8 atom stereocenters. The lowest BCUT2D eigenvalue weighted by molar-refractivity contribution is -0.173. The maximum Gasteiger partial charge on any atom is 0.169 e. The van der Waals surface area contributed by atoms with Crippen LogP contribution in [0.5, 0.6) is 0 Å². The van der Waals surface area contributed by atoms with Crippen molar-refractivity contribution in [2.75, 3.05) is 13.7 Å². The third kappa shape index (κ3) is 1.27. The Morgan fingerprint density at radius 1 is 1.45 bits per heavy atom. The van der Waals surface area contributed by atoms with E-state index < -0.39 is 11.5 Å². The van der Waals surface area contributed by atoms with Crippen LogP contribution in [0.2, 0.25) is 0 Å². The SMILES string of the molecule is C=C1CO[C@@H](OC)[C@@]12C[C@H]1[C@H]3O[C@H]3C[C@H](C)[C@@]1(C)[C@@H]2O. The van der Waals surface area contributed by atoms with Crippen LogP contribution in [0.3, 0.4) is 0 Å². The number of fused-ring (bicyclic) bond motifs is 3. The Balaban J connectivity index is 1.79. The van der Waals surface area contributed by atoms with E-state index in [1.165, 1.54) is 0 Å². The summed E-state index contributed by atoms with van der Waals surface area (Å²) in [4.78, 5) is 0. The first-order valence-electron chi connectivity index (χ1n) is 7.62. The summed E-state index contributed by atoms with van der Waals surface area (Å²) in [6.07, 6.45) is 1.79. The zero-order valence-corrected chi connectivity index (χ0v) is 12.5. The lowest BCUT2D eigenvalue weighted by Gasteiger charge is -2.44. The van der Waals surface area contributed by atoms with Crippen LogP contribution in [-0.4, -0.2) is 43.4 Å². The van der Waals surface area contributed by atoms with Crippen LogP contribution in [0.25, 0.3) is 0 Å². The lowest BCUT2D eigenvalue weighted by Crippen LogP contribution is -2.50. The van der Waals surface area contributed by atoms with Crippen LogP contribution in [0.4, 0.5) is 0 Å². The molecule has 0 radical (unpaired) electrons. The molecule has 0 aromatic carbocycles. The normalized spacial score (nSPS) is 60.7. The van der Waals surface area contributed by atoms with E-state index in [0.717, 1.165) is 18.4 Å². The first kappa shape index (κ1) is 13.3. The first-order chi connectivity index (χ1) is 9.46. The van der Waals surface area contributed by atoms with E-state index >= 15 is 0 Å². The van der Waals surface area contributed by atoms with Gasteiger partial charge in [-0.3, -0.25) is 0 Å². The minimum absolute atomic E-state index is 0.134. The molecule has 2 heterocycles. The van der Waals surface area contributed by atoms with Gasteiger partial charge in [0.15, 0.2) is 6.29 Å². The Hall–Kier alpha value is -0.420. The van der Waals surface area contributed by atoms with Gasteiger partial charge >= 0.3 is 0 Å². The van der Waals surface area contributed by atoms with Gasteiger partial charge in [-0.15, -0.1) is 0 Å². The van der Waals surface area contributed by atoms with E-state index in [4.69, 9.17) is 14.2 Å². The summed E-state index contributed by atoms with van der Waals surface area (Å²) < 4.78 is 17.1. The third-order valence-electron chi connectivity index (χ3n) is 6.80. The van der Waals surface area contributed by atoms with Crippen LogP contribution in [0.1, 0.15) is 26.7 Å². The number of epoxide rings is 1. The van der Waals surface area contributed by atoms with Crippen molar-refractivity contribution in [1.82, 2.24) is 0 Å². The number of ether oxygens (including phenoxy) is 3. The van der Waals surface area contributed by atoms with Gasteiger partial charge in [0.25, 0.3) is 0 Å². The summed E-state index contributed by atoms with van der Waals surface area (Å²) in [5, 5.41) is 11.2. The van der Waals surface area contributed by atoms with E-state index in [9.17, 15) is 5.11 Å². The van der Waals surface area contributed by atoms with Crippen molar-refractivity contribution in [3.63, 3.8) is 0 Å². The molecule has 2 saturated heterocycles. The second-order valence-electron chi connectivity index (χ2n) is 7.38. The summed E-state index contributed by atoms with van der Waals surface area (Å²) in [6.45, 7) is 9.14. The largest absolute Gasteiger partial charge is 0.391 e. The highest BCUT2D eigenvalue weighted by molar-refractivity contribution is 5.29. The quantitative estimate of drug-likeness (QED) is 0.587. The highest BCUT2D eigenvalue weighted by Crippen LogP contribution is 2.69. The minimum atomic E-state index is -0.472. The van der Waals surface area contributed by atoms with Crippen molar-refractivity contribution < 1.29 is 19.3 Å². The lowest BCUT2D eigenvalue weighted by atomic mass is 9.61. The number of rotatable bonds is 1. The van der Waals surface area contributed by atoms with Gasteiger partial charge in [0, 0.05) is 12.5 Å². The Labute approximate surface area is 120 Å². The average molecular weight is 280 g/mol. The summed E-state index contributed by atoms with van der Waals surface area (Å²) >= 11 is 0. The first-order valence-corrected chi connectivity index (χ1v) is 7.62. The molecule has 4 nitrogen and oxygen atoms in total. The van der Waals surface area contributed by atoms with Gasteiger partial charge in [0.2, 0.25) is 0 Å². The Bertz CT molecular complexity index is 463. The molecular weight excluding hydrogens is 256 g/mol. The van der Waals surface area contributed by atoms with Crippen LogP contribution in [0.15, 0.2) is 12.2 Å². The molecule has 1 spiro atoms. The van der Waals surface area contributed by atoms with Crippen LogP contribution >= 0.6 is 0 Å². The fraction of sp³-hybridized carbons (Fsp3) is 0.875. The number of aliphatic hydroxyl groups excluding tert-OH is 1. The summed E-state index contributed by atoms with van der Waals surface area (Å²) in [6, 6.07) is 0. The van der Waals surface area contributed by atoms with Gasteiger partial charge in [-0.05, 0) is 30.3 Å². The van der Waals surface area contributed by atoms with Gasteiger partial charge in [0.1, 0.15) is 0 Å². The van der Waals surface area contributed by atoms with E-state index in [1.807, 2.05) is 0 Å². The molecule has 112 valence electrons. The van der Waals surface area contributed by atoms with Crippen molar-refractivity contribution in [2.24, 2.45) is 22.7 Å². The molecule has 0 amide bonds. The third-order valence-corrected chi connectivity index (χ3v) is 6.80. The zero-order chi connectivity index (χ0) is 14.3. The molecule has 1 N–H and O–H groups in total. The maximum atomic E-state index is 11.2. The molecule has 0 unspecified atom stereocenters. The topological polar surface area (TPSA) is 51.2 Å². The van der Waals surface area contributed by atoms with E-state index in [2.05, 4.69) is 20.4 Å². The van der Waals surface area contributed by atoms with Crippen molar-refractivity contribution in [3.8, 4) is 0 Å². The monoisotopic (exact) mass is 280 g/mol. The fourth-order valence-electron chi connectivity index (χ4n) is 5.33. The van der Waals surface area contributed by atoms with Crippen molar-refractivity contribution >= 4 is 0 Å². The van der Waals surface area contributed by atoms with Crippen LogP contribution in [0, 0.1) is 22.7 Å². The molecule has 4 aliphatic rings. The standard InChI is InChI=1S/C16H24O4/c1-8-5-11-12(20-11)10-6-16(13(17)15(8,10)3)9(2)7-19-14(16)18-4/h8,10-14,17H,2,5-7H2,1,3-4H3/t8-,10-,11-,12+,13-,14+,15+,16-/m0/s1. The Morgan fingerprint density at radius 2 is 2.20 bits per heavy atom. The molecule has 4 rings (SSSR count). The molecule has 0 aromatic rings. The predicted octanol–water partition coefficient (Wildman–Crippen LogP) is 1.73. The zero-order valence-electron chi connectivity index (χ0n) is 12.5. The predicted molar refractivity (Wildman–Crippen MR) is 73.0 cm³/mol. The highest BCUT2D eigenvalue weighted by atomic mass is 16.7. The fourth-order valence-corrected chi connectivity index (χ4v) is 5.33. The summed E-state index contributed by atoms with van der Waals surface area (Å²) in [5.41, 5.74) is 0.394. The van der Waals surface area contributed by atoms with Crippen molar-refractivity contribution in [3.05, 3.63) is 12.2 Å².